The summed E-state index contributed by atoms with van der Waals surface area (Å²) in [6.45, 7) is 3.59. The van der Waals surface area contributed by atoms with Crippen LogP contribution in [0.3, 0.4) is 0 Å². The zero-order chi connectivity index (χ0) is 18.8. The van der Waals surface area contributed by atoms with Crippen LogP contribution in [-0.4, -0.2) is 36.5 Å². The van der Waals surface area contributed by atoms with Gasteiger partial charge in [0.2, 0.25) is 0 Å². The fraction of sp³-hybridized carbons (Fsp3) is 0.529. The van der Waals surface area contributed by atoms with Crippen LogP contribution < -0.4 is 10.6 Å². The van der Waals surface area contributed by atoms with Crippen LogP contribution in [-0.2, 0) is 9.53 Å². The summed E-state index contributed by atoms with van der Waals surface area (Å²) in [5, 5.41) is 16.4. The molecule has 2 N–H and O–H groups in total. The Bertz CT molecular complexity index is 618. The van der Waals surface area contributed by atoms with Crippen molar-refractivity contribution >= 4 is 23.3 Å². The molecule has 0 radical (unpaired) electrons. The topological polar surface area (TPSA) is 111 Å². The average Bonchev–Trinajstić information content (AvgIpc) is 2.59. The Kier molecular flexibility index (Phi) is 8.38. The molecule has 0 aliphatic heterocycles. The summed E-state index contributed by atoms with van der Waals surface area (Å²) in [7, 11) is 1.55. The first-order chi connectivity index (χ1) is 11.9. The van der Waals surface area contributed by atoms with Crippen LogP contribution in [0.25, 0.3) is 0 Å². The third-order valence-electron chi connectivity index (χ3n) is 3.68. The molecule has 1 aromatic rings. The molecule has 0 aliphatic carbocycles. The Hall–Kier alpha value is -2.64. The molecule has 0 aromatic heterocycles. The van der Waals surface area contributed by atoms with E-state index in [0.717, 1.165) is 31.7 Å². The predicted molar refractivity (Wildman–Crippen MR) is 94.7 cm³/mol. The molecule has 25 heavy (non-hydrogen) atoms. The lowest BCUT2D eigenvalue weighted by molar-refractivity contribution is -0.384. The Morgan fingerprint density at radius 1 is 1.32 bits per heavy atom. The van der Waals surface area contributed by atoms with E-state index in [1.165, 1.54) is 12.1 Å². The monoisotopic (exact) mass is 351 g/mol. The van der Waals surface area contributed by atoms with E-state index in [9.17, 15) is 19.7 Å². The molecule has 1 aromatic carbocycles. The fourth-order valence-corrected chi connectivity index (χ4v) is 2.32. The second-order valence-corrected chi connectivity index (χ2v) is 5.78. The third kappa shape index (κ3) is 6.78. The molecule has 0 saturated heterocycles. The SMILES string of the molecule is CCCCC[C@H](C)NC(=O)COC(=O)c1ccc(NC)c([N+](=O)[O-])c1. The zero-order valence-corrected chi connectivity index (χ0v) is 14.8. The van der Waals surface area contributed by atoms with E-state index in [2.05, 4.69) is 17.6 Å². The lowest BCUT2D eigenvalue weighted by atomic mass is 10.1. The number of ether oxygens (including phenoxy) is 1. The minimum atomic E-state index is -0.778. The van der Waals surface area contributed by atoms with Gasteiger partial charge in [0.1, 0.15) is 5.69 Å². The molecule has 138 valence electrons. The number of anilines is 1. The lowest BCUT2D eigenvalue weighted by Crippen LogP contribution is -2.35. The van der Waals surface area contributed by atoms with Crippen LogP contribution in [0.2, 0.25) is 0 Å². The van der Waals surface area contributed by atoms with Crippen LogP contribution in [0.15, 0.2) is 18.2 Å². The first-order valence-electron chi connectivity index (χ1n) is 8.31. The van der Waals surface area contributed by atoms with Gasteiger partial charge in [-0.15, -0.1) is 0 Å². The van der Waals surface area contributed by atoms with Crippen molar-refractivity contribution in [3.63, 3.8) is 0 Å². The van der Waals surface area contributed by atoms with Gasteiger partial charge < -0.3 is 15.4 Å². The van der Waals surface area contributed by atoms with E-state index in [1.807, 2.05) is 6.92 Å². The number of hydrogen-bond donors (Lipinski definition) is 2. The van der Waals surface area contributed by atoms with Crippen LogP contribution in [0.5, 0.6) is 0 Å². The molecule has 0 heterocycles. The number of nitrogens with zero attached hydrogens (tertiary/aromatic N) is 1. The maximum absolute atomic E-state index is 12.0. The molecule has 1 atom stereocenters. The van der Waals surface area contributed by atoms with Crippen molar-refractivity contribution in [2.75, 3.05) is 19.0 Å². The summed E-state index contributed by atoms with van der Waals surface area (Å²) in [5.74, 6) is -1.17. The van der Waals surface area contributed by atoms with Crippen LogP contribution in [0.1, 0.15) is 49.9 Å². The number of benzene rings is 1. The highest BCUT2D eigenvalue weighted by Gasteiger charge is 2.18. The maximum Gasteiger partial charge on any atom is 0.338 e. The molecule has 8 nitrogen and oxygen atoms in total. The van der Waals surface area contributed by atoms with Crippen molar-refractivity contribution in [2.24, 2.45) is 0 Å². The molecule has 0 fully saturated rings. The van der Waals surface area contributed by atoms with Gasteiger partial charge in [0, 0.05) is 19.2 Å². The van der Waals surface area contributed by atoms with Crippen molar-refractivity contribution < 1.29 is 19.2 Å². The molecule has 1 rings (SSSR count). The van der Waals surface area contributed by atoms with Gasteiger partial charge in [-0.05, 0) is 25.5 Å². The summed E-state index contributed by atoms with van der Waals surface area (Å²) in [4.78, 5) is 34.2. The Morgan fingerprint density at radius 3 is 2.64 bits per heavy atom. The van der Waals surface area contributed by atoms with Crippen molar-refractivity contribution in [3.8, 4) is 0 Å². The number of nitro benzene ring substituents is 1. The molecule has 1 amide bonds. The zero-order valence-electron chi connectivity index (χ0n) is 14.8. The molecule has 0 spiro atoms. The average molecular weight is 351 g/mol. The van der Waals surface area contributed by atoms with Crippen molar-refractivity contribution in [3.05, 3.63) is 33.9 Å². The number of carbonyl (C=O) groups excluding carboxylic acids is 2. The van der Waals surface area contributed by atoms with Gasteiger partial charge in [-0.25, -0.2) is 4.79 Å². The van der Waals surface area contributed by atoms with Crippen LogP contribution in [0.4, 0.5) is 11.4 Å². The molecular formula is C17H25N3O5. The second-order valence-electron chi connectivity index (χ2n) is 5.78. The largest absolute Gasteiger partial charge is 0.452 e. The molecule has 0 bridgehead atoms. The number of rotatable bonds is 10. The first kappa shape index (κ1) is 20.4. The van der Waals surface area contributed by atoms with Crippen molar-refractivity contribution in [1.82, 2.24) is 5.32 Å². The number of esters is 1. The van der Waals surface area contributed by atoms with Gasteiger partial charge in [0.15, 0.2) is 6.61 Å². The minimum absolute atomic E-state index is 0.00810. The highest BCUT2D eigenvalue weighted by Crippen LogP contribution is 2.25. The van der Waals surface area contributed by atoms with Gasteiger partial charge >= 0.3 is 5.97 Å². The van der Waals surface area contributed by atoms with Gasteiger partial charge in [0.05, 0.1) is 10.5 Å². The van der Waals surface area contributed by atoms with E-state index in [1.54, 1.807) is 7.05 Å². The normalized spacial score (nSPS) is 11.5. The van der Waals surface area contributed by atoms with E-state index < -0.39 is 23.4 Å². The quantitative estimate of drug-likeness (QED) is 0.290. The highest BCUT2D eigenvalue weighted by molar-refractivity contribution is 5.93. The van der Waals surface area contributed by atoms with E-state index in [-0.39, 0.29) is 17.3 Å². The highest BCUT2D eigenvalue weighted by atomic mass is 16.6. The second kappa shape index (κ2) is 10.3. The molecule has 0 aliphatic rings. The lowest BCUT2D eigenvalue weighted by Gasteiger charge is -2.13. The minimum Gasteiger partial charge on any atom is -0.452 e. The molecular weight excluding hydrogens is 326 g/mol. The van der Waals surface area contributed by atoms with Gasteiger partial charge in [-0.2, -0.15) is 0 Å². The summed E-state index contributed by atoms with van der Waals surface area (Å²) < 4.78 is 4.93. The number of nitro groups is 1. The number of amides is 1. The Morgan fingerprint density at radius 2 is 2.04 bits per heavy atom. The van der Waals surface area contributed by atoms with E-state index in [0.29, 0.717) is 5.69 Å². The molecule has 8 heteroatoms. The Labute approximate surface area is 147 Å². The Balaban J connectivity index is 2.55. The summed E-state index contributed by atoms with van der Waals surface area (Å²) in [5.41, 5.74) is 0.0839. The summed E-state index contributed by atoms with van der Waals surface area (Å²) >= 11 is 0. The van der Waals surface area contributed by atoms with Gasteiger partial charge in [0.25, 0.3) is 11.6 Å². The van der Waals surface area contributed by atoms with Crippen molar-refractivity contribution in [1.29, 1.82) is 0 Å². The number of hydrogen-bond acceptors (Lipinski definition) is 6. The number of unbranched alkanes of at least 4 members (excludes halogenated alkanes) is 2. The summed E-state index contributed by atoms with van der Waals surface area (Å²) in [6.07, 6.45) is 4.11. The maximum atomic E-state index is 12.0. The van der Waals surface area contributed by atoms with E-state index >= 15 is 0 Å². The fourth-order valence-electron chi connectivity index (χ4n) is 2.32. The number of nitrogens with one attached hydrogen (secondary N) is 2. The third-order valence-corrected chi connectivity index (χ3v) is 3.68. The number of carbonyl (C=O) groups is 2. The van der Waals surface area contributed by atoms with Crippen molar-refractivity contribution in [2.45, 2.75) is 45.6 Å². The van der Waals surface area contributed by atoms with Gasteiger partial charge in [-0.1, -0.05) is 26.2 Å². The van der Waals surface area contributed by atoms with Gasteiger partial charge in [-0.3, -0.25) is 14.9 Å². The smallest absolute Gasteiger partial charge is 0.338 e. The summed E-state index contributed by atoms with van der Waals surface area (Å²) in [6, 6.07) is 3.96. The molecule has 0 saturated carbocycles. The van der Waals surface area contributed by atoms with Crippen LogP contribution >= 0.6 is 0 Å². The predicted octanol–water partition coefficient (Wildman–Crippen LogP) is 2.88. The molecule has 0 unspecified atom stereocenters. The standard InChI is InChI=1S/C17H25N3O5/c1-4-5-6-7-12(2)19-16(21)11-25-17(22)13-8-9-14(18-3)15(10-13)20(23)24/h8-10,12,18H,4-7,11H2,1-3H3,(H,19,21)/t12-/m0/s1. The first-order valence-corrected chi connectivity index (χ1v) is 8.31. The van der Waals surface area contributed by atoms with E-state index in [4.69, 9.17) is 4.74 Å². The van der Waals surface area contributed by atoms with Crippen LogP contribution in [0, 0.1) is 10.1 Å².